The summed E-state index contributed by atoms with van der Waals surface area (Å²) in [6.45, 7) is 1.75. The quantitative estimate of drug-likeness (QED) is 0.911. The average Bonchev–Trinajstić information content (AvgIpc) is 2.63. The van der Waals surface area contributed by atoms with Crippen LogP contribution in [-0.2, 0) is 0 Å². The molecule has 0 saturated heterocycles. The Kier molecular flexibility index (Phi) is 3.14. The zero-order valence-electron chi connectivity index (χ0n) is 8.81. The van der Waals surface area contributed by atoms with E-state index in [0.29, 0.717) is 5.69 Å². The number of carboxylic acid groups (broad SMARTS) is 1. The van der Waals surface area contributed by atoms with Crippen LogP contribution in [0.1, 0.15) is 16.1 Å². The van der Waals surface area contributed by atoms with Gasteiger partial charge in [-0.2, -0.15) is 0 Å². The van der Waals surface area contributed by atoms with Crippen LogP contribution >= 0.6 is 11.8 Å². The zero-order chi connectivity index (χ0) is 12.4. The number of hydrogen-bond donors (Lipinski definition) is 1. The molecule has 0 atom stereocenters. The molecule has 88 valence electrons. The molecule has 6 heteroatoms. The smallest absolute Gasteiger partial charge is 0.339 e. The van der Waals surface area contributed by atoms with Crippen molar-refractivity contribution in [3.05, 3.63) is 41.5 Å². The second-order valence-electron chi connectivity index (χ2n) is 3.27. The van der Waals surface area contributed by atoms with Crippen molar-refractivity contribution < 1.29 is 18.7 Å². The lowest BCUT2D eigenvalue weighted by Gasteiger charge is -2.03. The van der Waals surface area contributed by atoms with Crippen LogP contribution in [0.15, 0.2) is 39.0 Å². The van der Waals surface area contributed by atoms with Gasteiger partial charge in [-0.25, -0.2) is 14.2 Å². The van der Waals surface area contributed by atoms with Crippen LogP contribution in [0.4, 0.5) is 4.39 Å². The standard InChI is InChI=1S/C11H8FNO3S/c1-6-5-16-11(13-6)17-8-4-2-3-7(12)9(8)10(14)15/h2-5H,1H3,(H,14,15). The number of hydrogen-bond acceptors (Lipinski definition) is 4. The summed E-state index contributed by atoms with van der Waals surface area (Å²) >= 11 is 0.979. The van der Waals surface area contributed by atoms with Gasteiger partial charge in [0.1, 0.15) is 17.6 Å². The van der Waals surface area contributed by atoms with Gasteiger partial charge in [-0.15, -0.1) is 0 Å². The molecule has 2 rings (SSSR count). The SMILES string of the molecule is Cc1coc(Sc2cccc(F)c2C(=O)O)n1. The lowest BCUT2D eigenvalue weighted by atomic mass is 10.2. The summed E-state index contributed by atoms with van der Waals surface area (Å²) in [5, 5.41) is 9.21. The monoisotopic (exact) mass is 253 g/mol. The number of carboxylic acids is 1. The van der Waals surface area contributed by atoms with E-state index in [1.54, 1.807) is 6.92 Å². The third-order valence-electron chi connectivity index (χ3n) is 1.98. The molecule has 0 saturated carbocycles. The van der Waals surface area contributed by atoms with Crippen LogP contribution in [0.25, 0.3) is 0 Å². The van der Waals surface area contributed by atoms with Crippen LogP contribution in [0, 0.1) is 12.7 Å². The van der Waals surface area contributed by atoms with Crippen LogP contribution < -0.4 is 0 Å². The minimum atomic E-state index is -1.31. The summed E-state index contributed by atoms with van der Waals surface area (Å²) in [6, 6.07) is 4.06. The van der Waals surface area contributed by atoms with E-state index >= 15 is 0 Å². The molecule has 17 heavy (non-hydrogen) atoms. The van der Waals surface area contributed by atoms with Gasteiger partial charge in [-0.1, -0.05) is 6.07 Å². The molecular weight excluding hydrogens is 245 g/mol. The van der Waals surface area contributed by atoms with Gasteiger partial charge in [0, 0.05) is 4.90 Å². The van der Waals surface area contributed by atoms with Gasteiger partial charge in [-0.3, -0.25) is 0 Å². The molecule has 0 fully saturated rings. The summed E-state index contributed by atoms with van der Waals surface area (Å²) in [5.41, 5.74) is 0.314. The largest absolute Gasteiger partial charge is 0.478 e. The van der Waals surface area contributed by atoms with Crippen molar-refractivity contribution in [1.29, 1.82) is 0 Å². The van der Waals surface area contributed by atoms with Crippen molar-refractivity contribution in [3.63, 3.8) is 0 Å². The minimum Gasteiger partial charge on any atom is -0.478 e. The fraction of sp³-hybridized carbons (Fsp3) is 0.0909. The highest BCUT2D eigenvalue weighted by molar-refractivity contribution is 7.99. The Hall–Kier alpha value is -1.82. The summed E-state index contributed by atoms with van der Waals surface area (Å²) in [6.07, 6.45) is 1.45. The molecule has 1 aromatic carbocycles. The number of carbonyl (C=O) groups is 1. The van der Waals surface area contributed by atoms with Crippen LogP contribution in [0.5, 0.6) is 0 Å². The van der Waals surface area contributed by atoms with Crippen molar-refractivity contribution in [2.75, 3.05) is 0 Å². The maximum absolute atomic E-state index is 13.4. The first kappa shape index (κ1) is 11.7. The van der Waals surface area contributed by atoms with Crippen molar-refractivity contribution in [1.82, 2.24) is 4.98 Å². The number of oxazole rings is 1. The normalized spacial score (nSPS) is 10.5. The number of benzene rings is 1. The van der Waals surface area contributed by atoms with Gasteiger partial charge in [0.05, 0.1) is 5.69 Å². The maximum atomic E-state index is 13.4. The molecule has 2 aromatic rings. The first-order chi connectivity index (χ1) is 8.08. The van der Waals surface area contributed by atoms with Crippen LogP contribution in [0.2, 0.25) is 0 Å². The second-order valence-corrected chi connectivity index (χ2v) is 4.27. The fourth-order valence-corrected chi connectivity index (χ4v) is 2.18. The number of rotatable bonds is 3. The van der Waals surface area contributed by atoms with Crippen LogP contribution in [-0.4, -0.2) is 16.1 Å². The molecule has 0 aliphatic heterocycles. The lowest BCUT2D eigenvalue weighted by molar-refractivity contribution is 0.0688. The molecule has 0 unspecified atom stereocenters. The molecule has 1 heterocycles. The predicted octanol–water partition coefficient (Wildman–Crippen LogP) is 2.97. The van der Waals surface area contributed by atoms with Crippen molar-refractivity contribution >= 4 is 17.7 Å². The van der Waals surface area contributed by atoms with Crippen molar-refractivity contribution in [2.45, 2.75) is 17.0 Å². The van der Waals surface area contributed by atoms with Gasteiger partial charge in [-0.05, 0) is 30.8 Å². The van der Waals surface area contributed by atoms with E-state index in [4.69, 9.17) is 9.52 Å². The van der Waals surface area contributed by atoms with Crippen molar-refractivity contribution in [2.24, 2.45) is 0 Å². The first-order valence-electron chi connectivity index (χ1n) is 4.69. The molecule has 0 bridgehead atoms. The Labute approximate surface area is 100 Å². The van der Waals surface area contributed by atoms with Crippen molar-refractivity contribution in [3.8, 4) is 0 Å². The Balaban J connectivity index is 2.39. The summed E-state index contributed by atoms with van der Waals surface area (Å²) in [5.74, 6) is -2.08. The Morgan fingerprint density at radius 1 is 1.53 bits per heavy atom. The lowest BCUT2D eigenvalue weighted by Crippen LogP contribution is -2.02. The van der Waals surface area contributed by atoms with Gasteiger partial charge < -0.3 is 9.52 Å². The minimum absolute atomic E-state index is 0.263. The fourth-order valence-electron chi connectivity index (χ4n) is 1.27. The zero-order valence-corrected chi connectivity index (χ0v) is 9.62. The molecule has 0 aliphatic carbocycles. The topological polar surface area (TPSA) is 63.3 Å². The third-order valence-corrected chi connectivity index (χ3v) is 2.91. The predicted molar refractivity (Wildman–Crippen MR) is 58.7 cm³/mol. The molecule has 0 radical (unpaired) electrons. The van der Waals surface area contributed by atoms with E-state index < -0.39 is 11.8 Å². The van der Waals surface area contributed by atoms with Gasteiger partial charge >= 0.3 is 5.97 Å². The van der Waals surface area contributed by atoms with Gasteiger partial charge in [0.15, 0.2) is 0 Å². The van der Waals surface area contributed by atoms with E-state index in [9.17, 15) is 9.18 Å². The first-order valence-corrected chi connectivity index (χ1v) is 5.51. The summed E-state index contributed by atoms with van der Waals surface area (Å²) in [7, 11) is 0. The highest BCUT2D eigenvalue weighted by Crippen LogP contribution is 2.31. The van der Waals surface area contributed by atoms with E-state index in [1.807, 2.05) is 0 Å². The molecule has 4 nitrogen and oxygen atoms in total. The van der Waals surface area contributed by atoms with Gasteiger partial charge in [0.25, 0.3) is 5.22 Å². The molecule has 0 spiro atoms. The average molecular weight is 253 g/mol. The highest BCUT2D eigenvalue weighted by atomic mass is 32.2. The molecule has 0 amide bonds. The third kappa shape index (κ3) is 2.47. The van der Waals surface area contributed by atoms with Crippen LogP contribution in [0.3, 0.4) is 0 Å². The molecule has 1 aromatic heterocycles. The van der Waals surface area contributed by atoms with E-state index in [0.717, 1.165) is 17.8 Å². The Morgan fingerprint density at radius 3 is 2.88 bits per heavy atom. The summed E-state index contributed by atoms with van der Waals surface area (Å²) in [4.78, 5) is 15.2. The van der Waals surface area contributed by atoms with Gasteiger partial charge in [0.2, 0.25) is 0 Å². The number of nitrogens with zero attached hydrogens (tertiary/aromatic N) is 1. The second kappa shape index (κ2) is 4.58. The van der Waals surface area contributed by atoms with E-state index in [1.165, 1.54) is 18.4 Å². The number of halogens is 1. The number of aromatic nitrogens is 1. The maximum Gasteiger partial charge on any atom is 0.339 e. The summed E-state index contributed by atoms with van der Waals surface area (Å²) < 4.78 is 18.4. The van der Waals surface area contributed by atoms with E-state index in [-0.39, 0.29) is 15.7 Å². The number of aryl methyl sites for hydroxylation is 1. The molecule has 1 N–H and O–H groups in total. The number of aromatic carboxylic acids is 1. The molecular formula is C11H8FNO3S. The highest BCUT2D eigenvalue weighted by Gasteiger charge is 2.17. The Morgan fingerprint density at radius 2 is 2.29 bits per heavy atom. The Bertz CT molecular complexity index is 568. The van der Waals surface area contributed by atoms with E-state index in [2.05, 4.69) is 4.98 Å². The molecule has 0 aliphatic rings.